The maximum Gasteiger partial charge on any atom is 0.119 e. The number of benzene rings is 2. The molecule has 0 saturated carbocycles. The first kappa shape index (κ1) is 14.6. The SMILES string of the molecule is CCc1ccc(OCCn2c(CC)nc3ccccc32)cc1. The normalized spacial score (nSPS) is 11.0. The van der Waals surface area contributed by atoms with E-state index in [9.17, 15) is 0 Å². The standard InChI is InChI=1S/C19H22N2O/c1-3-15-9-11-16(12-10-15)22-14-13-21-18-8-6-5-7-17(18)20-19(21)4-2/h5-12H,3-4,13-14H2,1-2H3. The molecule has 0 aliphatic rings. The molecule has 3 aromatic rings. The van der Waals surface area contributed by atoms with Crippen LogP contribution in [0.3, 0.4) is 0 Å². The minimum atomic E-state index is 0.652. The molecule has 0 amide bonds. The number of ether oxygens (including phenoxy) is 1. The van der Waals surface area contributed by atoms with Crippen molar-refractivity contribution in [1.29, 1.82) is 0 Å². The number of para-hydroxylation sites is 2. The van der Waals surface area contributed by atoms with Crippen LogP contribution in [0.5, 0.6) is 5.75 Å². The second-order valence-electron chi connectivity index (χ2n) is 5.37. The third kappa shape index (κ3) is 2.98. The molecule has 1 aromatic heterocycles. The molecule has 0 unspecified atom stereocenters. The van der Waals surface area contributed by atoms with E-state index in [1.807, 2.05) is 18.2 Å². The summed E-state index contributed by atoms with van der Waals surface area (Å²) in [6.07, 6.45) is 1.99. The van der Waals surface area contributed by atoms with Gasteiger partial charge < -0.3 is 9.30 Å². The Morgan fingerprint density at radius 3 is 2.45 bits per heavy atom. The lowest BCUT2D eigenvalue weighted by Crippen LogP contribution is -2.10. The molecule has 114 valence electrons. The smallest absolute Gasteiger partial charge is 0.119 e. The van der Waals surface area contributed by atoms with E-state index >= 15 is 0 Å². The highest BCUT2D eigenvalue weighted by Gasteiger charge is 2.08. The van der Waals surface area contributed by atoms with Gasteiger partial charge in [-0.15, -0.1) is 0 Å². The van der Waals surface area contributed by atoms with Crippen LogP contribution >= 0.6 is 0 Å². The van der Waals surface area contributed by atoms with Gasteiger partial charge in [0.25, 0.3) is 0 Å². The van der Waals surface area contributed by atoms with Crippen molar-refractivity contribution in [3.8, 4) is 5.75 Å². The van der Waals surface area contributed by atoms with E-state index in [-0.39, 0.29) is 0 Å². The third-order valence-electron chi connectivity index (χ3n) is 3.97. The van der Waals surface area contributed by atoms with E-state index in [0.29, 0.717) is 6.61 Å². The van der Waals surface area contributed by atoms with Gasteiger partial charge in [0, 0.05) is 6.42 Å². The first-order chi connectivity index (χ1) is 10.8. The Morgan fingerprint density at radius 1 is 0.955 bits per heavy atom. The molecule has 0 aliphatic carbocycles. The van der Waals surface area contributed by atoms with E-state index < -0.39 is 0 Å². The lowest BCUT2D eigenvalue weighted by molar-refractivity contribution is 0.298. The summed E-state index contributed by atoms with van der Waals surface area (Å²) in [4.78, 5) is 4.69. The predicted octanol–water partition coefficient (Wildman–Crippen LogP) is 4.24. The lowest BCUT2D eigenvalue weighted by Gasteiger charge is -2.10. The minimum absolute atomic E-state index is 0.652. The van der Waals surface area contributed by atoms with E-state index in [4.69, 9.17) is 4.74 Å². The van der Waals surface area contributed by atoms with Crippen molar-refractivity contribution in [3.05, 3.63) is 59.9 Å². The van der Waals surface area contributed by atoms with Crippen LogP contribution in [0.4, 0.5) is 0 Å². The molecule has 3 rings (SSSR count). The Balaban J connectivity index is 1.70. The highest BCUT2D eigenvalue weighted by atomic mass is 16.5. The topological polar surface area (TPSA) is 27.1 Å². The van der Waals surface area contributed by atoms with Gasteiger partial charge in [0.1, 0.15) is 18.2 Å². The van der Waals surface area contributed by atoms with Crippen LogP contribution in [0.15, 0.2) is 48.5 Å². The molecule has 22 heavy (non-hydrogen) atoms. The van der Waals surface area contributed by atoms with Crippen molar-refractivity contribution in [2.24, 2.45) is 0 Å². The second-order valence-corrected chi connectivity index (χ2v) is 5.37. The van der Waals surface area contributed by atoms with Gasteiger partial charge in [0.15, 0.2) is 0 Å². The summed E-state index contributed by atoms with van der Waals surface area (Å²) in [6.45, 7) is 5.77. The average Bonchev–Trinajstić information content (AvgIpc) is 2.93. The molecule has 0 N–H and O–H groups in total. The maximum absolute atomic E-state index is 5.88. The largest absolute Gasteiger partial charge is 0.492 e. The van der Waals surface area contributed by atoms with Crippen LogP contribution < -0.4 is 4.74 Å². The Labute approximate surface area is 131 Å². The van der Waals surface area contributed by atoms with Gasteiger partial charge in [-0.1, -0.05) is 38.1 Å². The van der Waals surface area contributed by atoms with Crippen molar-refractivity contribution in [2.75, 3.05) is 6.61 Å². The molecule has 0 spiro atoms. The van der Waals surface area contributed by atoms with Gasteiger partial charge in [-0.25, -0.2) is 4.98 Å². The number of rotatable bonds is 6. The van der Waals surface area contributed by atoms with Crippen molar-refractivity contribution < 1.29 is 4.74 Å². The van der Waals surface area contributed by atoms with Gasteiger partial charge >= 0.3 is 0 Å². The Hall–Kier alpha value is -2.29. The average molecular weight is 294 g/mol. The summed E-state index contributed by atoms with van der Waals surface area (Å²) < 4.78 is 8.14. The number of hydrogen-bond donors (Lipinski definition) is 0. The molecule has 0 saturated heterocycles. The summed E-state index contributed by atoms with van der Waals surface area (Å²) in [5.41, 5.74) is 3.58. The highest BCUT2D eigenvalue weighted by Crippen LogP contribution is 2.17. The molecule has 0 fully saturated rings. The number of nitrogens with zero attached hydrogens (tertiary/aromatic N) is 2. The zero-order valence-corrected chi connectivity index (χ0v) is 13.2. The summed E-state index contributed by atoms with van der Waals surface area (Å²) in [7, 11) is 0. The fourth-order valence-electron chi connectivity index (χ4n) is 2.72. The minimum Gasteiger partial charge on any atom is -0.492 e. The number of hydrogen-bond acceptors (Lipinski definition) is 2. The van der Waals surface area contributed by atoms with Gasteiger partial charge in [-0.2, -0.15) is 0 Å². The molecule has 3 nitrogen and oxygen atoms in total. The van der Waals surface area contributed by atoms with E-state index in [1.165, 1.54) is 11.1 Å². The van der Waals surface area contributed by atoms with Crippen LogP contribution in [-0.2, 0) is 19.4 Å². The molecule has 0 atom stereocenters. The zero-order valence-electron chi connectivity index (χ0n) is 13.2. The fraction of sp³-hybridized carbons (Fsp3) is 0.316. The second kappa shape index (κ2) is 6.65. The molecular formula is C19H22N2O. The van der Waals surface area contributed by atoms with E-state index in [0.717, 1.165) is 36.5 Å². The summed E-state index contributed by atoms with van der Waals surface area (Å²) in [6, 6.07) is 16.6. The summed E-state index contributed by atoms with van der Waals surface area (Å²) in [5, 5.41) is 0. The number of aromatic nitrogens is 2. The summed E-state index contributed by atoms with van der Waals surface area (Å²) in [5.74, 6) is 2.05. The van der Waals surface area contributed by atoms with Crippen molar-refractivity contribution in [1.82, 2.24) is 9.55 Å². The van der Waals surface area contributed by atoms with Crippen molar-refractivity contribution >= 4 is 11.0 Å². The molecular weight excluding hydrogens is 272 g/mol. The molecule has 3 heteroatoms. The van der Waals surface area contributed by atoms with Crippen molar-refractivity contribution in [3.63, 3.8) is 0 Å². The highest BCUT2D eigenvalue weighted by molar-refractivity contribution is 5.75. The molecule has 0 radical (unpaired) electrons. The fourth-order valence-corrected chi connectivity index (χ4v) is 2.72. The van der Waals surface area contributed by atoms with Crippen LogP contribution in [0.2, 0.25) is 0 Å². The molecule has 2 aromatic carbocycles. The zero-order chi connectivity index (χ0) is 15.4. The first-order valence-corrected chi connectivity index (χ1v) is 7.97. The van der Waals surface area contributed by atoms with E-state index in [1.54, 1.807) is 0 Å². The monoisotopic (exact) mass is 294 g/mol. The maximum atomic E-state index is 5.88. The lowest BCUT2D eigenvalue weighted by atomic mass is 10.2. The molecule has 1 heterocycles. The quantitative estimate of drug-likeness (QED) is 0.680. The Kier molecular flexibility index (Phi) is 4.42. The van der Waals surface area contributed by atoms with Crippen LogP contribution in [-0.4, -0.2) is 16.2 Å². The number of imidazole rings is 1. The Morgan fingerprint density at radius 2 is 1.73 bits per heavy atom. The predicted molar refractivity (Wildman–Crippen MR) is 90.4 cm³/mol. The van der Waals surface area contributed by atoms with E-state index in [2.05, 4.69) is 53.7 Å². The first-order valence-electron chi connectivity index (χ1n) is 7.97. The van der Waals surface area contributed by atoms with Crippen LogP contribution in [0.25, 0.3) is 11.0 Å². The summed E-state index contributed by atoms with van der Waals surface area (Å²) >= 11 is 0. The van der Waals surface area contributed by atoms with Crippen molar-refractivity contribution in [2.45, 2.75) is 33.2 Å². The van der Waals surface area contributed by atoms with Gasteiger partial charge in [-0.05, 0) is 36.2 Å². The Bertz CT molecular complexity index is 744. The van der Waals surface area contributed by atoms with Gasteiger partial charge in [0.2, 0.25) is 0 Å². The van der Waals surface area contributed by atoms with Gasteiger partial charge in [-0.3, -0.25) is 0 Å². The van der Waals surface area contributed by atoms with Crippen LogP contribution in [0, 0.1) is 0 Å². The number of aryl methyl sites for hydroxylation is 2. The molecule has 0 aliphatic heterocycles. The van der Waals surface area contributed by atoms with Gasteiger partial charge in [0.05, 0.1) is 17.6 Å². The number of fused-ring (bicyclic) bond motifs is 1. The van der Waals surface area contributed by atoms with Crippen LogP contribution in [0.1, 0.15) is 25.2 Å². The molecule has 0 bridgehead atoms. The third-order valence-corrected chi connectivity index (χ3v) is 3.97.